The smallest absolute Gasteiger partial charge is 0.144 e. The summed E-state index contributed by atoms with van der Waals surface area (Å²) >= 11 is 3.11. The lowest BCUT2D eigenvalue weighted by Gasteiger charge is -2.31. The van der Waals surface area contributed by atoms with Gasteiger partial charge in [0, 0.05) is 18.7 Å². The summed E-state index contributed by atoms with van der Waals surface area (Å²) in [6, 6.07) is 2.72. The molecular formula is C17H24BrF2N. The topological polar surface area (TPSA) is 12.0 Å². The summed E-state index contributed by atoms with van der Waals surface area (Å²) in [4.78, 5) is 0. The second-order valence-electron chi connectivity index (χ2n) is 6.73. The van der Waals surface area contributed by atoms with E-state index in [-0.39, 0.29) is 12.1 Å². The molecule has 0 aliphatic heterocycles. The van der Waals surface area contributed by atoms with Crippen LogP contribution in [0.5, 0.6) is 0 Å². The summed E-state index contributed by atoms with van der Waals surface area (Å²) < 4.78 is 28.0. The quantitative estimate of drug-likeness (QED) is 0.668. The van der Waals surface area contributed by atoms with Crippen molar-refractivity contribution in [1.82, 2.24) is 5.32 Å². The van der Waals surface area contributed by atoms with E-state index in [2.05, 4.69) is 35.1 Å². The first-order valence-electron chi connectivity index (χ1n) is 7.77. The molecule has 0 saturated heterocycles. The Morgan fingerprint density at radius 3 is 2.52 bits per heavy atom. The highest BCUT2D eigenvalue weighted by atomic mass is 79.9. The molecule has 1 N–H and O–H groups in total. The number of halogens is 3. The van der Waals surface area contributed by atoms with Gasteiger partial charge in [0.05, 0.1) is 4.47 Å². The zero-order valence-corrected chi connectivity index (χ0v) is 14.4. The van der Waals surface area contributed by atoms with Gasteiger partial charge >= 0.3 is 0 Å². The van der Waals surface area contributed by atoms with Crippen molar-refractivity contribution >= 4 is 15.9 Å². The van der Waals surface area contributed by atoms with Crippen molar-refractivity contribution in [3.8, 4) is 0 Å². The Morgan fingerprint density at radius 1 is 1.24 bits per heavy atom. The van der Waals surface area contributed by atoms with Gasteiger partial charge < -0.3 is 5.32 Å². The zero-order chi connectivity index (χ0) is 15.5. The summed E-state index contributed by atoms with van der Waals surface area (Å²) in [6.07, 6.45) is 6.18. The van der Waals surface area contributed by atoms with Gasteiger partial charge in [0.25, 0.3) is 0 Å². The van der Waals surface area contributed by atoms with Crippen LogP contribution in [0.4, 0.5) is 8.78 Å². The van der Waals surface area contributed by atoms with Crippen LogP contribution in [0.3, 0.4) is 0 Å². The summed E-state index contributed by atoms with van der Waals surface area (Å²) in [5.41, 5.74) is 0.440. The predicted octanol–water partition coefficient (Wildman–Crippen LogP) is 5.42. The van der Waals surface area contributed by atoms with Crippen LogP contribution in [0, 0.1) is 23.0 Å². The maximum absolute atomic E-state index is 13.9. The molecule has 21 heavy (non-hydrogen) atoms. The monoisotopic (exact) mass is 359 g/mol. The second-order valence-corrected chi connectivity index (χ2v) is 7.58. The minimum atomic E-state index is -0.494. The SMILES string of the molecule is CC(C)CC1(CNCc2c(F)ccc(Br)c2F)CCCC1. The first kappa shape index (κ1) is 16.9. The Hall–Kier alpha value is -0.480. The fourth-order valence-corrected chi connectivity index (χ4v) is 4.00. The molecule has 1 nitrogen and oxygen atoms in total. The highest BCUT2D eigenvalue weighted by molar-refractivity contribution is 9.10. The van der Waals surface area contributed by atoms with E-state index < -0.39 is 11.6 Å². The summed E-state index contributed by atoms with van der Waals surface area (Å²) in [7, 11) is 0. The Bertz CT molecular complexity index is 482. The molecule has 0 amide bonds. The number of nitrogens with one attached hydrogen (secondary N) is 1. The van der Waals surface area contributed by atoms with Crippen molar-refractivity contribution in [2.75, 3.05) is 6.54 Å². The standard InChI is InChI=1S/C17H24BrF2N/c1-12(2)9-17(7-3-4-8-17)11-21-10-13-15(19)6-5-14(18)16(13)20/h5-6,12,21H,3-4,7-11H2,1-2H3. The van der Waals surface area contributed by atoms with Crippen LogP contribution in [-0.2, 0) is 6.54 Å². The molecule has 0 bridgehead atoms. The van der Waals surface area contributed by atoms with E-state index in [0.29, 0.717) is 15.8 Å². The predicted molar refractivity (Wildman–Crippen MR) is 86.1 cm³/mol. The van der Waals surface area contributed by atoms with E-state index >= 15 is 0 Å². The molecule has 118 valence electrons. The molecule has 1 saturated carbocycles. The molecule has 4 heteroatoms. The average molecular weight is 360 g/mol. The number of hydrogen-bond acceptors (Lipinski definition) is 1. The molecule has 0 atom stereocenters. The summed E-state index contributed by atoms with van der Waals surface area (Å²) in [5.74, 6) is -0.316. The molecule has 1 fully saturated rings. The van der Waals surface area contributed by atoms with Crippen LogP contribution in [0.2, 0.25) is 0 Å². The zero-order valence-electron chi connectivity index (χ0n) is 12.8. The molecule has 0 unspecified atom stereocenters. The van der Waals surface area contributed by atoms with Gasteiger partial charge in [-0.15, -0.1) is 0 Å². The number of hydrogen-bond donors (Lipinski definition) is 1. The molecule has 1 aromatic carbocycles. The van der Waals surface area contributed by atoms with Gasteiger partial charge in [-0.2, -0.15) is 0 Å². The molecule has 1 aromatic rings. The van der Waals surface area contributed by atoms with Gasteiger partial charge in [0.2, 0.25) is 0 Å². The van der Waals surface area contributed by atoms with E-state index in [1.165, 1.54) is 44.2 Å². The molecule has 1 aliphatic carbocycles. The van der Waals surface area contributed by atoms with Gasteiger partial charge in [-0.1, -0.05) is 26.7 Å². The third-order valence-corrected chi connectivity index (χ3v) is 5.06. The van der Waals surface area contributed by atoms with Crippen LogP contribution >= 0.6 is 15.9 Å². The largest absolute Gasteiger partial charge is 0.312 e. The van der Waals surface area contributed by atoms with Crippen molar-refractivity contribution in [2.45, 2.75) is 52.5 Å². The maximum Gasteiger partial charge on any atom is 0.144 e. The van der Waals surface area contributed by atoms with Crippen LogP contribution in [0.1, 0.15) is 51.5 Å². The molecule has 2 rings (SSSR count). The van der Waals surface area contributed by atoms with Crippen molar-refractivity contribution < 1.29 is 8.78 Å². The summed E-state index contributed by atoms with van der Waals surface area (Å²) in [6.45, 7) is 5.58. The Kier molecular flexibility index (Phi) is 5.78. The van der Waals surface area contributed by atoms with E-state index in [4.69, 9.17) is 0 Å². The second kappa shape index (κ2) is 7.19. The van der Waals surface area contributed by atoms with Crippen LogP contribution in [0.15, 0.2) is 16.6 Å². The van der Waals surface area contributed by atoms with Gasteiger partial charge in [-0.25, -0.2) is 8.78 Å². The van der Waals surface area contributed by atoms with Gasteiger partial charge in [0.1, 0.15) is 11.6 Å². The van der Waals surface area contributed by atoms with Gasteiger partial charge in [0.15, 0.2) is 0 Å². The first-order chi connectivity index (χ1) is 9.93. The number of benzene rings is 1. The minimum Gasteiger partial charge on any atom is -0.312 e. The van der Waals surface area contributed by atoms with E-state index in [1.54, 1.807) is 0 Å². The fourth-order valence-electron chi connectivity index (χ4n) is 3.63. The van der Waals surface area contributed by atoms with Crippen molar-refractivity contribution in [3.05, 3.63) is 33.8 Å². The fraction of sp³-hybridized carbons (Fsp3) is 0.647. The minimum absolute atomic E-state index is 0.127. The van der Waals surface area contributed by atoms with Crippen LogP contribution in [-0.4, -0.2) is 6.54 Å². The van der Waals surface area contributed by atoms with Crippen LogP contribution in [0.25, 0.3) is 0 Å². The Balaban J connectivity index is 1.98. The van der Waals surface area contributed by atoms with E-state index in [0.717, 1.165) is 6.54 Å². The highest BCUT2D eigenvalue weighted by Crippen LogP contribution is 2.42. The molecule has 1 aliphatic rings. The van der Waals surface area contributed by atoms with Gasteiger partial charge in [-0.3, -0.25) is 0 Å². The highest BCUT2D eigenvalue weighted by Gasteiger charge is 2.33. The Morgan fingerprint density at radius 2 is 1.90 bits per heavy atom. The van der Waals surface area contributed by atoms with Crippen LogP contribution < -0.4 is 5.32 Å². The summed E-state index contributed by atoms with van der Waals surface area (Å²) in [5, 5.41) is 3.30. The third-order valence-electron chi connectivity index (χ3n) is 4.45. The lowest BCUT2D eigenvalue weighted by molar-refractivity contribution is 0.223. The van der Waals surface area contributed by atoms with Gasteiger partial charge in [-0.05, 0) is 58.7 Å². The Labute approximate surface area is 134 Å². The molecule has 0 radical (unpaired) electrons. The lowest BCUT2D eigenvalue weighted by atomic mass is 9.78. The molecular weight excluding hydrogens is 336 g/mol. The van der Waals surface area contributed by atoms with Crippen molar-refractivity contribution in [2.24, 2.45) is 11.3 Å². The van der Waals surface area contributed by atoms with Crippen molar-refractivity contribution in [3.63, 3.8) is 0 Å². The normalized spacial score (nSPS) is 17.6. The van der Waals surface area contributed by atoms with E-state index in [1.807, 2.05) is 0 Å². The maximum atomic E-state index is 13.9. The third kappa shape index (κ3) is 4.26. The van der Waals surface area contributed by atoms with E-state index in [9.17, 15) is 8.78 Å². The molecule has 0 heterocycles. The average Bonchev–Trinajstić information content (AvgIpc) is 2.86. The van der Waals surface area contributed by atoms with Crippen molar-refractivity contribution in [1.29, 1.82) is 0 Å². The number of rotatable bonds is 6. The molecule has 0 spiro atoms. The lowest BCUT2D eigenvalue weighted by Crippen LogP contribution is -2.33. The first-order valence-corrected chi connectivity index (χ1v) is 8.56. The molecule has 0 aromatic heterocycles.